The van der Waals surface area contributed by atoms with Crippen LogP contribution >= 0.6 is 0 Å². The van der Waals surface area contributed by atoms with Crippen molar-refractivity contribution in [1.29, 1.82) is 0 Å². The van der Waals surface area contributed by atoms with Gasteiger partial charge in [0.1, 0.15) is 29.5 Å². The van der Waals surface area contributed by atoms with Crippen molar-refractivity contribution < 1.29 is 36.7 Å². The number of ether oxygens (including phenoxy) is 2. The van der Waals surface area contributed by atoms with E-state index in [9.17, 15) is 22.8 Å². The van der Waals surface area contributed by atoms with Gasteiger partial charge in [0.15, 0.2) is 9.84 Å². The summed E-state index contributed by atoms with van der Waals surface area (Å²) in [5, 5.41) is 2.81. The third-order valence-electron chi connectivity index (χ3n) is 12.7. The third kappa shape index (κ3) is 38.3. The van der Waals surface area contributed by atoms with Gasteiger partial charge in [-0.25, -0.2) is 8.42 Å². The molecular weight excluding hydrogens is 837 g/mol. The van der Waals surface area contributed by atoms with Crippen molar-refractivity contribution in [1.82, 2.24) is 10.2 Å². The van der Waals surface area contributed by atoms with Crippen LogP contribution in [-0.2, 0) is 39.4 Å². The van der Waals surface area contributed by atoms with E-state index in [0.717, 1.165) is 135 Å². The zero-order valence-corrected chi connectivity index (χ0v) is 43.3. The lowest BCUT2D eigenvalue weighted by Gasteiger charge is -2.22. The highest BCUT2D eigenvalue weighted by atomic mass is 32.2. The number of hydrogen-bond acceptors (Lipinski definition) is 9. The van der Waals surface area contributed by atoms with Gasteiger partial charge in [0.2, 0.25) is 5.91 Å². The Bertz CT molecular complexity index is 1340. The Kier molecular flexibility index (Phi) is 40.0. The van der Waals surface area contributed by atoms with Gasteiger partial charge in [-0.05, 0) is 109 Å². The SMILES string of the molecule is CCCCCCCCC(CC)OC(=O)CCCCCCCN(CCCCCCCC(=O)OC(CCCCCCCC)CCCCCCCC)CCCNC(=O)CS(=O)(=O)Cc1ccco1. The number of hydrogen-bond donors (Lipinski definition) is 1. The molecule has 380 valence electrons. The van der Waals surface area contributed by atoms with Crippen LogP contribution in [0, 0.1) is 0 Å². The van der Waals surface area contributed by atoms with Crippen molar-refractivity contribution in [2.75, 3.05) is 31.9 Å². The molecule has 1 atom stereocenters. The number of carbonyl (C=O) groups is 3. The Morgan fingerprint density at radius 3 is 1.43 bits per heavy atom. The largest absolute Gasteiger partial charge is 0.468 e. The molecule has 0 fully saturated rings. The van der Waals surface area contributed by atoms with Crippen LogP contribution in [0.4, 0.5) is 0 Å². The second-order valence-corrected chi connectivity index (χ2v) is 21.1. The molecule has 0 saturated heterocycles. The van der Waals surface area contributed by atoms with Crippen molar-refractivity contribution in [3.05, 3.63) is 24.2 Å². The molecule has 1 aromatic rings. The number of rotatable bonds is 48. The first kappa shape index (κ1) is 60.6. The predicted octanol–water partition coefficient (Wildman–Crippen LogP) is 14.2. The molecule has 1 N–H and O–H groups in total. The average Bonchev–Trinajstić information content (AvgIpc) is 3.79. The Balaban J connectivity index is 2.47. The highest BCUT2D eigenvalue weighted by molar-refractivity contribution is 7.91. The van der Waals surface area contributed by atoms with Gasteiger partial charge in [0.05, 0.1) is 6.26 Å². The zero-order valence-electron chi connectivity index (χ0n) is 42.5. The van der Waals surface area contributed by atoms with E-state index in [0.29, 0.717) is 25.1 Å². The molecule has 65 heavy (non-hydrogen) atoms. The lowest BCUT2D eigenvalue weighted by molar-refractivity contribution is -0.150. The summed E-state index contributed by atoms with van der Waals surface area (Å²) in [4.78, 5) is 40.4. The molecule has 1 heterocycles. The fourth-order valence-electron chi connectivity index (χ4n) is 8.60. The van der Waals surface area contributed by atoms with E-state index in [1.165, 1.54) is 103 Å². The van der Waals surface area contributed by atoms with Crippen molar-refractivity contribution in [3.8, 4) is 0 Å². The first-order valence-electron chi connectivity index (χ1n) is 27.2. The summed E-state index contributed by atoms with van der Waals surface area (Å²) < 4.78 is 42.0. The minimum absolute atomic E-state index is 0.0239. The van der Waals surface area contributed by atoms with Gasteiger partial charge in [0.25, 0.3) is 0 Å². The van der Waals surface area contributed by atoms with Crippen LogP contribution in [0.25, 0.3) is 0 Å². The number of carbonyl (C=O) groups excluding carboxylic acids is 3. The summed E-state index contributed by atoms with van der Waals surface area (Å²) >= 11 is 0. The molecule has 0 spiro atoms. The smallest absolute Gasteiger partial charge is 0.306 e. The number of unbranched alkanes of at least 4 members (excludes halogenated alkanes) is 23. The van der Waals surface area contributed by atoms with E-state index in [-0.39, 0.29) is 29.9 Å². The number of nitrogens with one attached hydrogen (secondary N) is 1. The van der Waals surface area contributed by atoms with Crippen LogP contribution in [0.3, 0.4) is 0 Å². The molecule has 0 radical (unpaired) electrons. The molecule has 10 nitrogen and oxygen atoms in total. The van der Waals surface area contributed by atoms with E-state index in [2.05, 4.69) is 37.9 Å². The van der Waals surface area contributed by atoms with Gasteiger partial charge in [0, 0.05) is 19.4 Å². The van der Waals surface area contributed by atoms with E-state index in [1.54, 1.807) is 12.1 Å². The fraction of sp³-hybridized carbons (Fsp3) is 0.870. The molecule has 0 aliphatic heterocycles. The number of furan rings is 1. The quantitative estimate of drug-likeness (QED) is 0.0501. The van der Waals surface area contributed by atoms with Gasteiger partial charge in [-0.1, -0.05) is 163 Å². The molecule has 0 aromatic carbocycles. The molecule has 1 amide bonds. The van der Waals surface area contributed by atoms with Gasteiger partial charge in [-0.15, -0.1) is 0 Å². The monoisotopic (exact) mass is 937 g/mol. The van der Waals surface area contributed by atoms with E-state index in [1.807, 2.05) is 0 Å². The molecule has 1 rings (SSSR count). The molecular formula is C54H100N2O8S. The second kappa shape index (κ2) is 42.9. The van der Waals surface area contributed by atoms with Crippen LogP contribution in [0.5, 0.6) is 0 Å². The molecule has 1 aromatic heterocycles. The van der Waals surface area contributed by atoms with Crippen LogP contribution in [0.15, 0.2) is 22.8 Å². The van der Waals surface area contributed by atoms with Crippen molar-refractivity contribution in [2.24, 2.45) is 0 Å². The maximum absolute atomic E-state index is 12.9. The second-order valence-electron chi connectivity index (χ2n) is 19.0. The van der Waals surface area contributed by atoms with Gasteiger partial charge in [-0.3, -0.25) is 14.4 Å². The number of sulfone groups is 1. The normalized spacial score (nSPS) is 12.3. The van der Waals surface area contributed by atoms with Crippen LogP contribution in [0.1, 0.15) is 258 Å². The van der Waals surface area contributed by atoms with E-state index in [4.69, 9.17) is 13.9 Å². The minimum Gasteiger partial charge on any atom is -0.468 e. The summed E-state index contributed by atoms with van der Waals surface area (Å²) in [5.74, 6) is -1.06. The third-order valence-corrected chi connectivity index (χ3v) is 14.1. The summed E-state index contributed by atoms with van der Waals surface area (Å²) in [5.41, 5.74) is 0. The van der Waals surface area contributed by atoms with Gasteiger partial charge in [-0.2, -0.15) is 0 Å². The summed E-state index contributed by atoms with van der Waals surface area (Å²) in [6.07, 6.45) is 40.0. The molecule has 0 saturated carbocycles. The Morgan fingerprint density at radius 1 is 0.554 bits per heavy atom. The minimum atomic E-state index is -3.61. The molecule has 0 aliphatic rings. The number of amides is 1. The fourth-order valence-corrected chi connectivity index (χ4v) is 9.81. The highest BCUT2D eigenvalue weighted by Crippen LogP contribution is 2.19. The maximum Gasteiger partial charge on any atom is 0.306 e. The molecule has 1 unspecified atom stereocenters. The lowest BCUT2D eigenvalue weighted by Crippen LogP contribution is -2.34. The molecule has 0 bridgehead atoms. The molecule has 11 heteroatoms. The van der Waals surface area contributed by atoms with Crippen molar-refractivity contribution in [3.63, 3.8) is 0 Å². The van der Waals surface area contributed by atoms with E-state index < -0.39 is 21.5 Å². The van der Waals surface area contributed by atoms with E-state index >= 15 is 0 Å². The predicted molar refractivity (Wildman–Crippen MR) is 270 cm³/mol. The zero-order chi connectivity index (χ0) is 47.5. The highest BCUT2D eigenvalue weighted by Gasteiger charge is 2.19. The first-order valence-corrected chi connectivity index (χ1v) is 29.0. The number of esters is 2. The average molecular weight is 937 g/mol. The first-order chi connectivity index (χ1) is 31.6. The molecule has 0 aliphatic carbocycles. The summed E-state index contributed by atoms with van der Waals surface area (Å²) in [6.45, 7) is 12.0. The standard InChI is InChI=1S/C54H100N2O8S/c1-5-9-12-15-20-27-36-49(8-4)63-53(58)40-30-23-18-25-32-43-56(45-35-42-55-52(57)48-65(60,61)47-51-39-34-46-62-51)44-33-26-19-24-31-41-54(59)64-50(37-28-21-16-13-10-6-2)38-29-22-17-14-11-7-3/h34,39,46,49-50H,5-33,35-38,40-45,47-48H2,1-4H3,(H,55,57). The Morgan fingerprint density at radius 2 is 0.969 bits per heavy atom. The topological polar surface area (TPSA) is 132 Å². The van der Waals surface area contributed by atoms with Crippen LogP contribution < -0.4 is 5.32 Å². The van der Waals surface area contributed by atoms with Crippen LogP contribution in [0.2, 0.25) is 0 Å². The Hall–Kier alpha value is -2.40. The van der Waals surface area contributed by atoms with Crippen LogP contribution in [-0.4, -0.2) is 75.3 Å². The van der Waals surface area contributed by atoms with Gasteiger partial charge >= 0.3 is 11.9 Å². The Labute approximate surface area is 399 Å². The van der Waals surface area contributed by atoms with Crippen molar-refractivity contribution in [2.45, 2.75) is 270 Å². The summed E-state index contributed by atoms with van der Waals surface area (Å²) in [7, 11) is -3.61. The van der Waals surface area contributed by atoms with Crippen molar-refractivity contribution >= 4 is 27.7 Å². The number of nitrogens with zero attached hydrogens (tertiary/aromatic N) is 1. The summed E-state index contributed by atoms with van der Waals surface area (Å²) in [6, 6.07) is 3.24. The lowest BCUT2D eigenvalue weighted by atomic mass is 10.0. The van der Waals surface area contributed by atoms with Gasteiger partial charge < -0.3 is 24.1 Å². The maximum atomic E-state index is 12.9.